The third-order valence-corrected chi connectivity index (χ3v) is 7.70. The fraction of sp³-hybridized carbons (Fsp3) is 0.367. The number of nitrogens with one attached hydrogen (secondary N) is 1. The van der Waals surface area contributed by atoms with Crippen molar-refractivity contribution in [3.8, 4) is 0 Å². The number of anilines is 2. The van der Waals surface area contributed by atoms with Crippen LogP contribution in [0, 0.1) is 5.92 Å². The molecule has 3 heteroatoms. The van der Waals surface area contributed by atoms with Gasteiger partial charge in [0.25, 0.3) is 5.91 Å². The summed E-state index contributed by atoms with van der Waals surface area (Å²) in [7, 11) is 0. The Morgan fingerprint density at radius 3 is 2.39 bits per heavy atom. The molecule has 0 atom stereocenters. The van der Waals surface area contributed by atoms with E-state index in [1.165, 1.54) is 54.5 Å². The van der Waals surface area contributed by atoms with Crippen LogP contribution in [-0.2, 0) is 13.0 Å². The van der Waals surface area contributed by atoms with Gasteiger partial charge in [0.05, 0.1) is 0 Å². The first kappa shape index (κ1) is 21.8. The largest absolute Gasteiger partial charge is 0.367 e. The molecule has 0 aromatic heterocycles. The van der Waals surface area contributed by atoms with Gasteiger partial charge in [-0.05, 0) is 91.0 Å². The van der Waals surface area contributed by atoms with Gasteiger partial charge in [-0.15, -0.1) is 0 Å². The molecule has 1 fully saturated rings. The summed E-state index contributed by atoms with van der Waals surface area (Å²) in [6.45, 7) is 4.11. The van der Waals surface area contributed by atoms with Gasteiger partial charge >= 0.3 is 0 Å². The summed E-state index contributed by atoms with van der Waals surface area (Å²) in [4.78, 5) is 15.4. The zero-order chi connectivity index (χ0) is 22.6. The minimum Gasteiger partial charge on any atom is -0.367 e. The molecule has 170 valence electrons. The summed E-state index contributed by atoms with van der Waals surface area (Å²) in [5.74, 6) is 1.65. The van der Waals surface area contributed by atoms with Gasteiger partial charge in [0.2, 0.25) is 0 Å². The van der Waals surface area contributed by atoms with E-state index in [0.29, 0.717) is 0 Å². The maximum Gasteiger partial charge on any atom is 0.255 e. The first-order chi connectivity index (χ1) is 16.2. The fourth-order valence-corrected chi connectivity index (χ4v) is 5.62. The SMILES string of the molecule is CCC1CCC(c2ccc(N3CCc4c(cccc4C(=O)Nc4ccccc4)C3)cc2)CC1. The zero-order valence-electron chi connectivity index (χ0n) is 19.6. The van der Waals surface area contributed by atoms with E-state index >= 15 is 0 Å². The quantitative estimate of drug-likeness (QED) is 0.457. The van der Waals surface area contributed by atoms with Crippen molar-refractivity contribution in [2.75, 3.05) is 16.8 Å². The zero-order valence-corrected chi connectivity index (χ0v) is 19.6. The van der Waals surface area contributed by atoms with Crippen LogP contribution in [0.5, 0.6) is 0 Å². The Kier molecular flexibility index (Phi) is 6.48. The lowest BCUT2D eigenvalue weighted by Gasteiger charge is -2.32. The number of carbonyl (C=O) groups is 1. The molecule has 33 heavy (non-hydrogen) atoms. The summed E-state index contributed by atoms with van der Waals surface area (Å²) in [5, 5.41) is 3.04. The van der Waals surface area contributed by atoms with Crippen molar-refractivity contribution in [1.29, 1.82) is 0 Å². The van der Waals surface area contributed by atoms with Gasteiger partial charge in [-0.25, -0.2) is 0 Å². The molecule has 0 spiro atoms. The van der Waals surface area contributed by atoms with Crippen molar-refractivity contribution >= 4 is 17.3 Å². The number of carbonyl (C=O) groups excluding carboxylic acids is 1. The van der Waals surface area contributed by atoms with E-state index in [-0.39, 0.29) is 5.91 Å². The minimum absolute atomic E-state index is 0.0198. The summed E-state index contributed by atoms with van der Waals surface area (Å²) < 4.78 is 0. The van der Waals surface area contributed by atoms with Crippen LogP contribution in [-0.4, -0.2) is 12.5 Å². The average Bonchev–Trinajstić information content (AvgIpc) is 2.89. The Hall–Kier alpha value is -3.07. The number of para-hydroxylation sites is 1. The molecule has 2 aliphatic rings. The molecule has 0 bridgehead atoms. The first-order valence-corrected chi connectivity index (χ1v) is 12.5. The molecule has 1 aliphatic carbocycles. The molecule has 0 radical (unpaired) electrons. The van der Waals surface area contributed by atoms with Crippen LogP contribution < -0.4 is 10.2 Å². The van der Waals surface area contributed by atoms with Crippen molar-refractivity contribution in [3.05, 3.63) is 95.1 Å². The van der Waals surface area contributed by atoms with Gasteiger partial charge in [0.1, 0.15) is 0 Å². The molecule has 0 saturated heterocycles. The van der Waals surface area contributed by atoms with Gasteiger partial charge in [-0.3, -0.25) is 4.79 Å². The van der Waals surface area contributed by atoms with Crippen LogP contribution in [0.2, 0.25) is 0 Å². The predicted octanol–water partition coefficient (Wildman–Crippen LogP) is 7.19. The lowest BCUT2D eigenvalue weighted by molar-refractivity contribution is 0.102. The van der Waals surface area contributed by atoms with E-state index in [0.717, 1.165) is 42.6 Å². The van der Waals surface area contributed by atoms with Crippen LogP contribution in [0.15, 0.2) is 72.8 Å². The maximum atomic E-state index is 12.9. The van der Waals surface area contributed by atoms with Crippen LogP contribution in [0.4, 0.5) is 11.4 Å². The number of hydrogen-bond acceptors (Lipinski definition) is 2. The number of fused-ring (bicyclic) bond motifs is 1. The highest BCUT2D eigenvalue weighted by molar-refractivity contribution is 6.05. The van der Waals surface area contributed by atoms with Gasteiger partial charge in [-0.2, -0.15) is 0 Å². The Morgan fingerprint density at radius 2 is 1.67 bits per heavy atom. The number of amides is 1. The molecule has 3 nitrogen and oxygen atoms in total. The number of rotatable bonds is 5. The molecule has 3 aromatic carbocycles. The smallest absolute Gasteiger partial charge is 0.255 e. The summed E-state index contributed by atoms with van der Waals surface area (Å²) in [6.07, 6.45) is 7.65. The Labute approximate surface area is 197 Å². The van der Waals surface area contributed by atoms with Gasteiger partial charge in [0, 0.05) is 30.0 Å². The van der Waals surface area contributed by atoms with Crippen molar-refractivity contribution in [1.82, 2.24) is 0 Å². The molecular weight excluding hydrogens is 404 g/mol. The second-order valence-corrected chi connectivity index (χ2v) is 9.65. The van der Waals surface area contributed by atoms with E-state index < -0.39 is 0 Å². The molecule has 1 aliphatic heterocycles. The summed E-state index contributed by atoms with van der Waals surface area (Å²) in [6, 6.07) is 25.1. The molecule has 1 amide bonds. The van der Waals surface area contributed by atoms with E-state index in [4.69, 9.17) is 0 Å². The third kappa shape index (κ3) is 4.83. The fourth-order valence-electron chi connectivity index (χ4n) is 5.62. The standard InChI is InChI=1S/C30H34N2O/c1-2-22-11-13-23(14-12-22)24-15-17-27(18-16-24)32-20-19-28-25(21-32)7-6-10-29(28)30(33)31-26-8-4-3-5-9-26/h3-10,15-18,22-23H,2,11-14,19-21H2,1H3,(H,31,33). The Morgan fingerprint density at radius 1 is 0.909 bits per heavy atom. The molecule has 1 heterocycles. The molecule has 1 saturated carbocycles. The van der Waals surface area contributed by atoms with E-state index in [2.05, 4.69) is 47.5 Å². The molecule has 3 aromatic rings. The van der Waals surface area contributed by atoms with E-state index in [1.54, 1.807) is 0 Å². The van der Waals surface area contributed by atoms with Gasteiger partial charge in [0.15, 0.2) is 0 Å². The highest BCUT2D eigenvalue weighted by Crippen LogP contribution is 2.37. The van der Waals surface area contributed by atoms with Gasteiger partial charge in [-0.1, -0.05) is 55.8 Å². The highest BCUT2D eigenvalue weighted by Gasteiger charge is 2.23. The minimum atomic E-state index is -0.0198. The predicted molar refractivity (Wildman–Crippen MR) is 137 cm³/mol. The number of hydrogen-bond donors (Lipinski definition) is 1. The highest BCUT2D eigenvalue weighted by atomic mass is 16.1. The Balaban J connectivity index is 1.27. The van der Waals surface area contributed by atoms with Crippen LogP contribution in [0.1, 0.15) is 72.0 Å². The van der Waals surface area contributed by atoms with Crippen molar-refractivity contribution < 1.29 is 4.79 Å². The second kappa shape index (κ2) is 9.82. The molecule has 5 rings (SSSR count). The average molecular weight is 439 g/mol. The van der Waals surface area contributed by atoms with Crippen molar-refractivity contribution in [2.45, 2.75) is 57.9 Å². The molecule has 0 unspecified atom stereocenters. The monoisotopic (exact) mass is 438 g/mol. The first-order valence-electron chi connectivity index (χ1n) is 12.5. The molecule has 1 N–H and O–H groups in total. The lowest BCUT2D eigenvalue weighted by atomic mass is 9.78. The van der Waals surface area contributed by atoms with Crippen molar-refractivity contribution in [2.24, 2.45) is 5.92 Å². The Bertz CT molecular complexity index is 1080. The van der Waals surface area contributed by atoms with Crippen LogP contribution in [0.3, 0.4) is 0 Å². The number of nitrogens with zero attached hydrogens (tertiary/aromatic N) is 1. The second-order valence-electron chi connectivity index (χ2n) is 9.65. The third-order valence-electron chi connectivity index (χ3n) is 7.70. The lowest BCUT2D eigenvalue weighted by Crippen LogP contribution is -2.32. The van der Waals surface area contributed by atoms with Crippen LogP contribution >= 0.6 is 0 Å². The van der Waals surface area contributed by atoms with E-state index in [9.17, 15) is 4.79 Å². The summed E-state index contributed by atoms with van der Waals surface area (Å²) in [5.41, 5.74) is 6.86. The number of benzene rings is 3. The topological polar surface area (TPSA) is 32.3 Å². The maximum absolute atomic E-state index is 12.9. The van der Waals surface area contributed by atoms with Crippen molar-refractivity contribution in [3.63, 3.8) is 0 Å². The summed E-state index contributed by atoms with van der Waals surface area (Å²) >= 11 is 0. The normalized spacial score (nSPS) is 20.2. The van der Waals surface area contributed by atoms with Gasteiger partial charge < -0.3 is 10.2 Å². The molecular formula is C30H34N2O. The van der Waals surface area contributed by atoms with E-state index in [1.807, 2.05) is 42.5 Å². The van der Waals surface area contributed by atoms with Crippen LogP contribution in [0.25, 0.3) is 0 Å².